The predicted octanol–water partition coefficient (Wildman–Crippen LogP) is 0.558. The van der Waals surface area contributed by atoms with Crippen molar-refractivity contribution in [2.45, 2.75) is 6.92 Å². The second-order valence-corrected chi connectivity index (χ2v) is 3.02. The standard InChI is InChI=1S/C8H9BClFO3/c1-2-14-8-4-6(10)7(11)3-5(8)9(12)13/h3-4,12-13H,2H2,1H3. The quantitative estimate of drug-likeness (QED) is 0.729. The summed E-state index contributed by atoms with van der Waals surface area (Å²) in [5, 5.41) is 17.7. The summed E-state index contributed by atoms with van der Waals surface area (Å²) < 4.78 is 18.0. The van der Waals surface area contributed by atoms with Crippen LogP contribution in [0.3, 0.4) is 0 Å². The third-order valence-electron chi connectivity index (χ3n) is 1.63. The van der Waals surface area contributed by atoms with E-state index in [2.05, 4.69) is 0 Å². The van der Waals surface area contributed by atoms with Crippen molar-refractivity contribution in [3.8, 4) is 5.75 Å². The van der Waals surface area contributed by atoms with Crippen molar-refractivity contribution in [1.82, 2.24) is 0 Å². The molecule has 76 valence electrons. The zero-order valence-electron chi connectivity index (χ0n) is 7.50. The molecule has 0 aromatic heterocycles. The number of halogens is 2. The fourth-order valence-electron chi connectivity index (χ4n) is 1.03. The first kappa shape index (κ1) is 11.3. The van der Waals surface area contributed by atoms with E-state index in [9.17, 15) is 4.39 Å². The van der Waals surface area contributed by atoms with Gasteiger partial charge in [0.25, 0.3) is 0 Å². The molecule has 0 saturated heterocycles. The van der Waals surface area contributed by atoms with Gasteiger partial charge in [-0.2, -0.15) is 0 Å². The summed E-state index contributed by atoms with van der Waals surface area (Å²) in [6.07, 6.45) is 0. The number of hydrogen-bond acceptors (Lipinski definition) is 3. The summed E-state index contributed by atoms with van der Waals surface area (Å²) in [5.41, 5.74) is -0.0336. The Morgan fingerprint density at radius 3 is 2.64 bits per heavy atom. The molecule has 0 radical (unpaired) electrons. The molecule has 1 rings (SSSR count). The lowest BCUT2D eigenvalue weighted by Gasteiger charge is -2.10. The van der Waals surface area contributed by atoms with E-state index in [0.717, 1.165) is 6.07 Å². The molecular weight excluding hydrogens is 209 g/mol. The summed E-state index contributed by atoms with van der Waals surface area (Å²) in [7, 11) is -1.77. The lowest BCUT2D eigenvalue weighted by atomic mass is 9.79. The maximum absolute atomic E-state index is 13.0. The van der Waals surface area contributed by atoms with Crippen molar-refractivity contribution in [3.05, 3.63) is 23.0 Å². The van der Waals surface area contributed by atoms with Crippen LogP contribution in [0.2, 0.25) is 5.02 Å². The Morgan fingerprint density at radius 1 is 1.50 bits per heavy atom. The molecule has 0 spiro atoms. The molecule has 1 aromatic carbocycles. The molecule has 1 aromatic rings. The molecule has 0 aliphatic heterocycles. The highest BCUT2D eigenvalue weighted by Crippen LogP contribution is 2.19. The summed E-state index contributed by atoms with van der Waals surface area (Å²) >= 11 is 5.51. The van der Waals surface area contributed by atoms with Crippen molar-refractivity contribution in [3.63, 3.8) is 0 Å². The molecule has 0 aliphatic carbocycles. The van der Waals surface area contributed by atoms with Crippen LogP contribution in [-0.4, -0.2) is 23.8 Å². The van der Waals surface area contributed by atoms with Gasteiger partial charge in [-0.25, -0.2) is 4.39 Å². The first-order valence-electron chi connectivity index (χ1n) is 4.04. The molecule has 0 heterocycles. The zero-order chi connectivity index (χ0) is 10.7. The minimum absolute atomic E-state index is 0.0336. The van der Waals surface area contributed by atoms with E-state index < -0.39 is 12.9 Å². The van der Waals surface area contributed by atoms with Gasteiger partial charge in [-0.3, -0.25) is 0 Å². The third-order valence-corrected chi connectivity index (χ3v) is 1.92. The van der Waals surface area contributed by atoms with E-state index in [-0.39, 0.29) is 16.2 Å². The fourth-order valence-corrected chi connectivity index (χ4v) is 1.18. The van der Waals surface area contributed by atoms with Crippen LogP contribution in [-0.2, 0) is 0 Å². The monoisotopic (exact) mass is 218 g/mol. The van der Waals surface area contributed by atoms with Gasteiger partial charge in [-0.15, -0.1) is 0 Å². The molecule has 0 aliphatic rings. The highest BCUT2D eigenvalue weighted by atomic mass is 35.5. The number of ether oxygens (including phenoxy) is 1. The molecule has 0 amide bonds. The number of rotatable bonds is 3. The van der Waals surface area contributed by atoms with Crippen molar-refractivity contribution < 1.29 is 19.2 Å². The number of hydrogen-bond donors (Lipinski definition) is 2. The summed E-state index contributed by atoms with van der Waals surface area (Å²) in [5.74, 6) is -0.535. The zero-order valence-corrected chi connectivity index (χ0v) is 8.25. The topological polar surface area (TPSA) is 49.7 Å². The van der Waals surface area contributed by atoms with Gasteiger partial charge in [0, 0.05) is 11.5 Å². The molecule has 6 heteroatoms. The SMILES string of the molecule is CCOc1cc(Cl)c(F)cc1B(O)O. The molecule has 0 saturated carbocycles. The van der Waals surface area contributed by atoms with Crippen LogP contribution in [0, 0.1) is 5.82 Å². The van der Waals surface area contributed by atoms with Crippen molar-refractivity contribution in [2.24, 2.45) is 0 Å². The Balaban J connectivity index is 3.17. The molecule has 3 nitrogen and oxygen atoms in total. The minimum Gasteiger partial charge on any atom is -0.494 e. The Bertz CT molecular complexity index is 333. The first-order valence-corrected chi connectivity index (χ1v) is 4.42. The largest absolute Gasteiger partial charge is 0.494 e. The lowest BCUT2D eigenvalue weighted by Crippen LogP contribution is -2.32. The van der Waals surface area contributed by atoms with Crippen LogP contribution in [0.25, 0.3) is 0 Å². The van der Waals surface area contributed by atoms with Crippen LogP contribution in [0.15, 0.2) is 12.1 Å². The smallest absolute Gasteiger partial charge is 0.492 e. The molecule has 0 unspecified atom stereocenters. The van der Waals surface area contributed by atoms with Crippen molar-refractivity contribution in [1.29, 1.82) is 0 Å². The van der Waals surface area contributed by atoms with Gasteiger partial charge in [0.1, 0.15) is 11.6 Å². The van der Waals surface area contributed by atoms with Gasteiger partial charge in [0.05, 0.1) is 11.6 Å². The molecule has 0 bridgehead atoms. The summed E-state index contributed by atoms with van der Waals surface area (Å²) in [4.78, 5) is 0. The van der Waals surface area contributed by atoms with Gasteiger partial charge >= 0.3 is 7.12 Å². The summed E-state index contributed by atoms with van der Waals surface area (Å²) in [6, 6.07) is 2.16. The normalized spacial score (nSPS) is 10.1. The maximum Gasteiger partial charge on any atom is 0.492 e. The first-order chi connectivity index (χ1) is 6.56. The average molecular weight is 218 g/mol. The van der Waals surface area contributed by atoms with E-state index in [1.54, 1.807) is 6.92 Å². The van der Waals surface area contributed by atoms with E-state index >= 15 is 0 Å². The Labute approximate surface area is 86.2 Å². The maximum atomic E-state index is 13.0. The van der Waals surface area contributed by atoms with E-state index in [0.29, 0.717) is 6.61 Å². The van der Waals surface area contributed by atoms with Crippen LogP contribution >= 0.6 is 11.6 Å². The average Bonchev–Trinajstić information content (AvgIpc) is 2.11. The molecule has 14 heavy (non-hydrogen) atoms. The Hall–Kier alpha value is -0.775. The highest BCUT2D eigenvalue weighted by molar-refractivity contribution is 6.59. The molecular formula is C8H9BClFO3. The van der Waals surface area contributed by atoms with E-state index in [4.69, 9.17) is 26.4 Å². The van der Waals surface area contributed by atoms with Crippen LogP contribution < -0.4 is 10.2 Å². The second kappa shape index (κ2) is 4.64. The Kier molecular flexibility index (Phi) is 3.74. The third kappa shape index (κ3) is 2.38. The summed E-state index contributed by atoms with van der Waals surface area (Å²) in [6.45, 7) is 2.06. The molecule has 0 atom stereocenters. The van der Waals surface area contributed by atoms with Crippen LogP contribution in [0.4, 0.5) is 4.39 Å². The highest BCUT2D eigenvalue weighted by Gasteiger charge is 2.19. The fraction of sp³-hybridized carbons (Fsp3) is 0.250. The van der Waals surface area contributed by atoms with Crippen LogP contribution in [0.5, 0.6) is 5.75 Å². The number of benzene rings is 1. The van der Waals surface area contributed by atoms with Gasteiger partial charge in [-0.05, 0) is 13.0 Å². The second-order valence-electron chi connectivity index (χ2n) is 2.61. The minimum atomic E-state index is -1.77. The van der Waals surface area contributed by atoms with E-state index in [1.165, 1.54) is 6.07 Å². The van der Waals surface area contributed by atoms with Crippen molar-refractivity contribution >= 4 is 24.2 Å². The van der Waals surface area contributed by atoms with Gasteiger partial charge < -0.3 is 14.8 Å². The molecule has 0 fully saturated rings. The van der Waals surface area contributed by atoms with Crippen LogP contribution in [0.1, 0.15) is 6.92 Å². The van der Waals surface area contributed by atoms with E-state index in [1.807, 2.05) is 0 Å². The van der Waals surface area contributed by atoms with Crippen molar-refractivity contribution in [2.75, 3.05) is 6.61 Å². The van der Waals surface area contributed by atoms with Gasteiger partial charge in [0.2, 0.25) is 0 Å². The van der Waals surface area contributed by atoms with Gasteiger partial charge in [-0.1, -0.05) is 11.6 Å². The Morgan fingerprint density at radius 2 is 2.14 bits per heavy atom. The molecule has 2 N–H and O–H groups in total. The lowest BCUT2D eigenvalue weighted by molar-refractivity contribution is 0.339. The van der Waals surface area contributed by atoms with Gasteiger partial charge in [0.15, 0.2) is 0 Å². The predicted molar refractivity (Wildman–Crippen MR) is 52.4 cm³/mol.